The first-order chi connectivity index (χ1) is 8.36. The maximum absolute atomic E-state index is 3.72. The summed E-state index contributed by atoms with van der Waals surface area (Å²) in [5, 5.41) is 7.43. The van der Waals surface area contributed by atoms with Crippen LogP contribution in [-0.4, -0.2) is 17.1 Å². The molecule has 1 aliphatic rings. The predicted octanol–water partition coefficient (Wildman–Crippen LogP) is 3.93. The number of rotatable bonds is 3. The van der Waals surface area contributed by atoms with Crippen LogP contribution in [0.2, 0.25) is 0 Å². The van der Waals surface area contributed by atoms with Gasteiger partial charge in [-0.3, -0.25) is 0 Å². The number of nitrogens with one attached hydrogen (secondary N) is 2. The number of halogens is 2. The van der Waals surface area contributed by atoms with Crippen LogP contribution >= 0.6 is 24.8 Å². The van der Waals surface area contributed by atoms with Gasteiger partial charge in [-0.25, -0.2) is 0 Å². The quantitative estimate of drug-likeness (QED) is 0.882. The first kappa shape index (κ1) is 19.7. The summed E-state index contributed by atoms with van der Waals surface area (Å²) in [5.74, 6) is 0. The minimum atomic E-state index is 0. The molecule has 2 nitrogen and oxygen atoms in total. The average Bonchev–Trinajstić information content (AvgIpc) is 2.24. The van der Waals surface area contributed by atoms with E-state index >= 15 is 0 Å². The molecule has 0 aliphatic carbocycles. The smallest absolute Gasteiger partial charge is 0.0208 e. The molecule has 20 heavy (non-hydrogen) atoms. The van der Waals surface area contributed by atoms with Crippen molar-refractivity contribution in [1.29, 1.82) is 0 Å². The van der Waals surface area contributed by atoms with Crippen LogP contribution in [0.15, 0.2) is 30.3 Å². The first-order valence-corrected chi connectivity index (χ1v) is 6.93. The van der Waals surface area contributed by atoms with Crippen LogP contribution in [0.1, 0.15) is 46.1 Å². The number of benzene rings is 1. The van der Waals surface area contributed by atoms with Crippen LogP contribution in [0.4, 0.5) is 0 Å². The second-order valence-corrected chi connectivity index (χ2v) is 6.86. The Morgan fingerprint density at radius 2 is 1.50 bits per heavy atom. The summed E-state index contributed by atoms with van der Waals surface area (Å²) in [6.45, 7) is 10.2. The van der Waals surface area contributed by atoms with E-state index in [1.165, 1.54) is 18.4 Å². The summed E-state index contributed by atoms with van der Waals surface area (Å²) in [6, 6.07) is 11.2. The molecule has 4 heteroatoms. The van der Waals surface area contributed by atoms with Gasteiger partial charge in [0.05, 0.1) is 0 Å². The van der Waals surface area contributed by atoms with Crippen molar-refractivity contribution < 1.29 is 0 Å². The fourth-order valence-corrected chi connectivity index (χ4v) is 3.32. The van der Waals surface area contributed by atoms with Gasteiger partial charge in [0.15, 0.2) is 0 Å². The Balaban J connectivity index is 0.00000180. The van der Waals surface area contributed by atoms with Gasteiger partial charge < -0.3 is 10.6 Å². The van der Waals surface area contributed by atoms with Crippen LogP contribution < -0.4 is 10.6 Å². The van der Waals surface area contributed by atoms with E-state index < -0.39 is 0 Å². The largest absolute Gasteiger partial charge is 0.310 e. The lowest BCUT2D eigenvalue weighted by Crippen LogP contribution is -2.61. The van der Waals surface area contributed by atoms with E-state index in [2.05, 4.69) is 68.7 Å². The highest BCUT2D eigenvalue weighted by Gasteiger charge is 2.37. The van der Waals surface area contributed by atoms with E-state index in [1.807, 2.05) is 0 Å². The Morgan fingerprint density at radius 1 is 1.00 bits per heavy atom. The highest BCUT2D eigenvalue weighted by Crippen LogP contribution is 2.28. The zero-order chi connectivity index (χ0) is 13.2. The van der Waals surface area contributed by atoms with Gasteiger partial charge in [0.2, 0.25) is 0 Å². The average molecular weight is 319 g/mol. The fraction of sp³-hybridized carbons (Fsp3) is 0.625. The van der Waals surface area contributed by atoms with Crippen molar-refractivity contribution in [1.82, 2.24) is 10.6 Å². The normalized spacial score (nSPS) is 20.6. The van der Waals surface area contributed by atoms with Gasteiger partial charge >= 0.3 is 0 Å². The Kier molecular flexibility index (Phi) is 7.54. The van der Waals surface area contributed by atoms with E-state index in [-0.39, 0.29) is 35.9 Å². The zero-order valence-electron chi connectivity index (χ0n) is 12.9. The Morgan fingerprint density at radius 3 is 2.00 bits per heavy atom. The summed E-state index contributed by atoms with van der Waals surface area (Å²) in [7, 11) is 0. The molecule has 0 unspecified atom stereocenters. The third kappa shape index (κ3) is 6.01. The van der Waals surface area contributed by atoms with Gasteiger partial charge in [-0.15, -0.1) is 24.8 Å². The van der Waals surface area contributed by atoms with Gasteiger partial charge in [-0.2, -0.15) is 0 Å². The molecule has 1 aromatic carbocycles. The van der Waals surface area contributed by atoms with Crippen molar-refractivity contribution >= 4 is 24.8 Å². The van der Waals surface area contributed by atoms with Gasteiger partial charge in [0, 0.05) is 23.7 Å². The lowest BCUT2D eigenvalue weighted by molar-refractivity contribution is 0.145. The van der Waals surface area contributed by atoms with Crippen molar-refractivity contribution in [2.45, 2.75) is 64.2 Å². The van der Waals surface area contributed by atoms with E-state index in [0.29, 0.717) is 6.04 Å². The van der Waals surface area contributed by atoms with E-state index in [9.17, 15) is 0 Å². The predicted molar refractivity (Wildman–Crippen MR) is 92.1 cm³/mol. The van der Waals surface area contributed by atoms with Gasteiger partial charge in [0.1, 0.15) is 0 Å². The molecule has 0 atom stereocenters. The molecule has 116 valence electrons. The zero-order valence-corrected chi connectivity index (χ0v) is 14.5. The first-order valence-electron chi connectivity index (χ1n) is 6.93. The van der Waals surface area contributed by atoms with E-state index in [0.717, 1.165) is 6.54 Å². The van der Waals surface area contributed by atoms with Gasteiger partial charge in [-0.05, 0) is 46.1 Å². The lowest BCUT2D eigenvalue weighted by Gasteiger charge is -2.46. The summed E-state index contributed by atoms with van der Waals surface area (Å²) >= 11 is 0. The standard InChI is InChI=1S/C16H26N2.2ClH/c1-15(2)10-14(11-16(3,4)18-15)17-12-13-8-6-5-7-9-13;;/h5-9,14,17-18H,10-12H2,1-4H3;2*1H. The molecule has 1 aromatic rings. The summed E-state index contributed by atoms with van der Waals surface area (Å²) in [6.07, 6.45) is 2.37. The van der Waals surface area contributed by atoms with Crippen LogP contribution in [-0.2, 0) is 6.54 Å². The molecular weight excluding hydrogens is 291 g/mol. The number of piperidine rings is 1. The molecule has 2 rings (SSSR count). The topological polar surface area (TPSA) is 24.1 Å². The van der Waals surface area contributed by atoms with Crippen molar-refractivity contribution in [3.05, 3.63) is 35.9 Å². The van der Waals surface area contributed by atoms with Crippen molar-refractivity contribution in [2.24, 2.45) is 0 Å². The lowest BCUT2D eigenvalue weighted by atomic mass is 9.79. The molecule has 0 aromatic heterocycles. The fourth-order valence-electron chi connectivity index (χ4n) is 3.32. The van der Waals surface area contributed by atoms with Crippen LogP contribution in [0.5, 0.6) is 0 Å². The molecule has 1 saturated heterocycles. The molecule has 0 spiro atoms. The highest BCUT2D eigenvalue weighted by molar-refractivity contribution is 5.85. The SMILES string of the molecule is CC1(C)CC(NCc2ccccc2)CC(C)(C)N1.Cl.Cl. The second kappa shape index (κ2) is 7.65. The van der Waals surface area contributed by atoms with Crippen molar-refractivity contribution in [3.63, 3.8) is 0 Å². The molecular formula is C16H28Cl2N2. The third-order valence-electron chi connectivity index (χ3n) is 3.63. The molecule has 0 amide bonds. The van der Waals surface area contributed by atoms with Crippen molar-refractivity contribution in [3.8, 4) is 0 Å². The minimum Gasteiger partial charge on any atom is -0.310 e. The third-order valence-corrected chi connectivity index (χ3v) is 3.63. The van der Waals surface area contributed by atoms with Crippen molar-refractivity contribution in [2.75, 3.05) is 0 Å². The molecule has 2 N–H and O–H groups in total. The molecule has 1 heterocycles. The molecule has 0 saturated carbocycles. The Labute approximate surface area is 135 Å². The highest BCUT2D eigenvalue weighted by atomic mass is 35.5. The van der Waals surface area contributed by atoms with E-state index in [1.54, 1.807) is 0 Å². The molecule has 1 aliphatic heterocycles. The minimum absolute atomic E-state index is 0. The molecule has 0 radical (unpaired) electrons. The van der Waals surface area contributed by atoms with E-state index in [4.69, 9.17) is 0 Å². The van der Waals surface area contributed by atoms with Gasteiger partial charge in [0.25, 0.3) is 0 Å². The number of hydrogen-bond donors (Lipinski definition) is 2. The Bertz CT molecular complexity index is 375. The molecule has 1 fully saturated rings. The number of hydrogen-bond acceptors (Lipinski definition) is 2. The second-order valence-electron chi connectivity index (χ2n) is 6.86. The van der Waals surface area contributed by atoms with Crippen LogP contribution in [0.3, 0.4) is 0 Å². The maximum Gasteiger partial charge on any atom is 0.0208 e. The molecule has 0 bridgehead atoms. The summed E-state index contributed by atoms with van der Waals surface area (Å²) < 4.78 is 0. The van der Waals surface area contributed by atoms with Crippen LogP contribution in [0, 0.1) is 0 Å². The maximum atomic E-state index is 3.72. The van der Waals surface area contributed by atoms with Crippen LogP contribution in [0.25, 0.3) is 0 Å². The monoisotopic (exact) mass is 318 g/mol. The summed E-state index contributed by atoms with van der Waals surface area (Å²) in [4.78, 5) is 0. The Hall–Kier alpha value is -0.280. The summed E-state index contributed by atoms with van der Waals surface area (Å²) in [5.41, 5.74) is 1.80. The van der Waals surface area contributed by atoms with Gasteiger partial charge in [-0.1, -0.05) is 30.3 Å².